The monoisotopic (exact) mass is 269 g/mol. The van der Waals surface area contributed by atoms with E-state index in [4.69, 9.17) is 4.52 Å². The molecule has 3 aromatic rings. The lowest BCUT2D eigenvalue weighted by molar-refractivity contribution is 0.365. The molecule has 1 N–H and O–H groups in total. The first-order valence-corrected chi connectivity index (χ1v) is 6.52. The van der Waals surface area contributed by atoms with E-state index < -0.39 is 0 Å². The van der Waals surface area contributed by atoms with Crippen molar-refractivity contribution in [2.75, 3.05) is 0 Å². The highest BCUT2D eigenvalue weighted by atomic mass is 16.5. The van der Waals surface area contributed by atoms with Crippen LogP contribution in [0.25, 0.3) is 22.3 Å². The Balaban J connectivity index is 2.19. The normalized spacial score (nSPS) is 11.4. The zero-order valence-corrected chi connectivity index (χ0v) is 11.6. The first kappa shape index (κ1) is 12.6. The van der Waals surface area contributed by atoms with Crippen LogP contribution in [0, 0.1) is 6.92 Å². The zero-order chi connectivity index (χ0) is 14.3. The highest BCUT2D eigenvalue weighted by Crippen LogP contribution is 2.20. The summed E-state index contributed by atoms with van der Waals surface area (Å²) in [5.41, 5.74) is 2.15. The van der Waals surface area contributed by atoms with Crippen molar-refractivity contribution in [1.82, 2.24) is 15.1 Å². The number of aromatic nitrogens is 3. The topological polar surface area (TPSA) is 71.8 Å². The van der Waals surface area contributed by atoms with E-state index in [-0.39, 0.29) is 11.5 Å². The van der Waals surface area contributed by atoms with Crippen molar-refractivity contribution in [2.45, 2.75) is 26.7 Å². The lowest BCUT2D eigenvalue weighted by atomic mass is 10.1. The molecule has 0 amide bonds. The van der Waals surface area contributed by atoms with Crippen molar-refractivity contribution in [1.29, 1.82) is 0 Å². The zero-order valence-electron chi connectivity index (χ0n) is 11.6. The van der Waals surface area contributed by atoms with Gasteiger partial charge in [-0.05, 0) is 30.5 Å². The number of pyridine rings is 1. The van der Waals surface area contributed by atoms with Gasteiger partial charge in [-0.1, -0.05) is 30.6 Å². The summed E-state index contributed by atoms with van der Waals surface area (Å²) < 4.78 is 5.16. The molecular formula is C15H15N3O2. The fourth-order valence-electron chi connectivity index (χ4n) is 2.07. The third-order valence-electron chi connectivity index (χ3n) is 3.18. The minimum Gasteiger partial charge on any atom is -0.339 e. The fourth-order valence-corrected chi connectivity index (χ4v) is 2.07. The molecule has 0 aliphatic rings. The first-order valence-electron chi connectivity index (χ1n) is 6.52. The van der Waals surface area contributed by atoms with Gasteiger partial charge in [0.15, 0.2) is 0 Å². The summed E-state index contributed by atoms with van der Waals surface area (Å²) in [6, 6.07) is 7.67. The lowest BCUT2D eigenvalue weighted by Gasteiger charge is -2.01. The van der Waals surface area contributed by atoms with E-state index in [1.165, 1.54) is 0 Å². The number of aryl methyl sites for hydroxylation is 1. The average Bonchev–Trinajstić information content (AvgIpc) is 2.88. The van der Waals surface area contributed by atoms with E-state index in [1.54, 1.807) is 6.07 Å². The van der Waals surface area contributed by atoms with Gasteiger partial charge in [0.05, 0.1) is 5.56 Å². The van der Waals surface area contributed by atoms with Crippen LogP contribution in [0.2, 0.25) is 0 Å². The largest absolute Gasteiger partial charge is 0.339 e. The molecule has 0 fully saturated rings. The molecule has 0 unspecified atom stereocenters. The molecule has 1 aromatic carbocycles. The van der Waals surface area contributed by atoms with E-state index in [0.717, 1.165) is 16.5 Å². The summed E-state index contributed by atoms with van der Waals surface area (Å²) in [5.74, 6) is 1.00. The smallest absolute Gasteiger partial charge is 0.259 e. The Labute approximate surface area is 115 Å². The van der Waals surface area contributed by atoms with E-state index >= 15 is 0 Å². The molecule has 3 rings (SSSR count). The van der Waals surface area contributed by atoms with Gasteiger partial charge in [0.25, 0.3) is 5.56 Å². The Morgan fingerprint density at radius 1 is 1.25 bits per heavy atom. The van der Waals surface area contributed by atoms with Crippen LogP contribution in [0.5, 0.6) is 0 Å². The van der Waals surface area contributed by atoms with Crippen LogP contribution in [0.3, 0.4) is 0 Å². The van der Waals surface area contributed by atoms with Gasteiger partial charge in [-0.2, -0.15) is 4.98 Å². The second-order valence-corrected chi connectivity index (χ2v) is 5.21. The van der Waals surface area contributed by atoms with Crippen LogP contribution < -0.4 is 5.56 Å². The highest BCUT2D eigenvalue weighted by molar-refractivity contribution is 5.82. The minimum atomic E-state index is -0.211. The summed E-state index contributed by atoms with van der Waals surface area (Å²) in [7, 11) is 0. The summed E-state index contributed by atoms with van der Waals surface area (Å²) in [4.78, 5) is 19.2. The molecule has 0 saturated heterocycles. The van der Waals surface area contributed by atoms with Crippen molar-refractivity contribution in [3.63, 3.8) is 0 Å². The van der Waals surface area contributed by atoms with Crippen LogP contribution in [-0.2, 0) is 0 Å². The molecule has 102 valence electrons. The molecule has 0 saturated carbocycles. The quantitative estimate of drug-likeness (QED) is 0.776. The molecule has 20 heavy (non-hydrogen) atoms. The maximum atomic E-state index is 12.1. The van der Waals surface area contributed by atoms with Crippen LogP contribution in [0.15, 0.2) is 33.6 Å². The maximum absolute atomic E-state index is 12.1. The molecule has 5 heteroatoms. The van der Waals surface area contributed by atoms with Gasteiger partial charge in [0.2, 0.25) is 11.7 Å². The molecule has 2 aromatic heterocycles. The predicted molar refractivity (Wildman–Crippen MR) is 76.7 cm³/mol. The number of nitrogens with one attached hydrogen (secondary N) is 1. The number of H-pyrrole nitrogens is 1. The SMILES string of the molecule is Cc1ccc2[nH]c(=O)c(-c3noc(C(C)C)n3)cc2c1. The van der Waals surface area contributed by atoms with Gasteiger partial charge in [0.1, 0.15) is 0 Å². The lowest BCUT2D eigenvalue weighted by Crippen LogP contribution is -2.09. The minimum absolute atomic E-state index is 0.137. The van der Waals surface area contributed by atoms with Crippen molar-refractivity contribution < 1.29 is 4.52 Å². The molecule has 5 nitrogen and oxygen atoms in total. The third-order valence-corrected chi connectivity index (χ3v) is 3.18. The molecule has 0 radical (unpaired) electrons. The van der Waals surface area contributed by atoms with Gasteiger partial charge < -0.3 is 9.51 Å². The molecule has 0 bridgehead atoms. The van der Waals surface area contributed by atoms with Crippen LogP contribution in [-0.4, -0.2) is 15.1 Å². The second-order valence-electron chi connectivity index (χ2n) is 5.21. The van der Waals surface area contributed by atoms with E-state index in [0.29, 0.717) is 17.3 Å². The van der Waals surface area contributed by atoms with Crippen molar-refractivity contribution in [3.8, 4) is 11.4 Å². The van der Waals surface area contributed by atoms with E-state index in [1.807, 2.05) is 39.0 Å². The van der Waals surface area contributed by atoms with Crippen molar-refractivity contribution >= 4 is 10.9 Å². The van der Waals surface area contributed by atoms with E-state index in [2.05, 4.69) is 15.1 Å². The van der Waals surface area contributed by atoms with Gasteiger partial charge in [-0.25, -0.2) is 0 Å². The molecule has 0 atom stereocenters. The number of hydrogen-bond donors (Lipinski definition) is 1. The number of rotatable bonds is 2. The predicted octanol–water partition coefficient (Wildman–Crippen LogP) is 3.01. The van der Waals surface area contributed by atoms with Gasteiger partial charge in [-0.15, -0.1) is 0 Å². The molecule has 0 aliphatic heterocycles. The number of aromatic amines is 1. The third kappa shape index (κ3) is 2.11. The van der Waals surface area contributed by atoms with E-state index in [9.17, 15) is 4.79 Å². The number of fused-ring (bicyclic) bond motifs is 1. The van der Waals surface area contributed by atoms with Gasteiger partial charge in [0, 0.05) is 11.4 Å². The molecule has 0 aliphatic carbocycles. The number of nitrogens with zero attached hydrogens (tertiary/aromatic N) is 2. The number of benzene rings is 1. The highest BCUT2D eigenvalue weighted by Gasteiger charge is 2.14. The fraction of sp³-hybridized carbons (Fsp3) is 0.267. The van der Waals surface area contributed by atoms with Gasteiger partial charge >= 0.3 is 0 Å². The Morgan fingerprint density at radius 3 is 2.75 bits per heavy atom. The van der Waals surface area contributed by atoms with Crippen LogP contribution in [0.1, 0.15) is 31.2 Å². The Bertz CT molecular complexity index is 830. The van der Waals surface area contributed by atoms with Gasteiger partial charge in [-0.3, -0.25) is 4.79 Å². The van der Waals surface area contributed by atoms with Crippen molar-refractivity contribution in [2.24, 2.45) is 0 Å². The Hall–Kier alpha value is -2.43. The summed E-state index contributed by atoms with van der Waals surface area (Å²) in [5, 5.41) is 4.85. The van der Waals surface area contributed by atoms with Crippen LogP contribution >= 0.6 is 0 Å². The molecular weight excluding hydrogens is 254 g/mol. The maximum Gasteiger partial charge on any atom is 0.259 e. The van der Waals surface area contributed by atoms with Crippen LogP contribution in [0.4, 0.5) is 0 Å². The average molecular weight is 269 g/mol. The first-order chi connectivity index (χ1) is 9.54. The summed E-state index contributed by atoms with van der Waals surface area (Å²) in [6.45, 7) is 5.94. The standard InChI is InChI=1S/C15H15N3O2/c1-8(2)15-17-13(18-20-15)11-7-10-6-9(3)4-5-12(10)16-14(11)19/h4-8H,1-3H3,(H,16,19). The Morgan fingerprint density at radius 2 is 2.05 bits per heavy atom. The molecule has 2 heterocycles. The Kier molecular flexibility index (Phi) is 2.89. The number of hydrogen-bond acceptors (Lipinski definition) is 4. The summed E-state index contributed by atoms with van der Waals surface area (Å²) in [6.07, 6.45) is 0. The second kappa shape index (κ2) is 4.59. The molecule has 0 spiro atoms. The van der Waals surface area contributed by atoms with Crippen molar-refractivity contribution in [3.05, 3.63) is 46.1 Å². The summed E-state index contributed by atoms with van der Waals surface area (Å²) >= 11 is 0.